The van der Waals surface area contributed by atoms with Gasteiger partial charge in [-0.3, -0.25) is 4.98 Å². The summed E-state index contributed by atoms with van der Waals surface area (Å²) in [5.41, 5.74) is 0.871. The molecule has 0 unspecified atom stereocenters. The second-order valence-corrected chi connectivity index (χ2v) is 7.36. The van der Waals surface area contributed by atoms with E-state index < -0.39 is 10.0 Å². The number of pyridine rings is 1. The highest BCUT2D eigenvalue weighted by Crippen LogP contribution is 2.28. The Kier molecular flexibility index (Phi) is 5.78. The number of aromatic nitrogens is 1. The summed E-state index contributed by atoms with van der Waals surface area (Å²) < 4.78 is 43.5. The van der Waals surface area contributed by atoms with Crippen LogP contribution in [0.2, 0.25) is 0 Å². The molecule has 3 rings (SSSR count). The predicted octanol–water partition coefficient (Wildman–Crippen LogP) is 2.61. The van der Waals surface area contributed by atoms with Crippen LogP contribution in [0.15, 0.2) is 59.6 Å². The van der Waals surface area contributed by atoms with E-state index in [9.17, 15) is 8.42 Å². The lowest BCUT2D eigenvalue weighted by molar-refractivity contribution is 0.323. The van der Waals surface area contributed by atoms with Crippen molar-refractivity contribution >= 4 is 20.9 Å². The maximum absolute atomic E-state index is 12.6. The van der Waals surface area contributed by atoms with Gasteiger partial charge in [-0.15, -0.1) is 0 Å². The molecule has 2 aromatic carbocycles. The molecule has 3 aromatic rings. The lowest BCUT2D eigenvalue weighted by atomic mass is 10.2. The van der Waals surface area contributed by atoms with E-state index in [4.69, 9.17) is 14.2 Å². The molecule has 0 bridgehead atoms. The molecule has 0 radical (unpaired) electrons. The number of methoxy groups -OCH3 is 2. The van der Waals surface area contributed by atoms with Crippen molar-refractivity contribution in [3.8, 4) is 17.2 Å². The number of nitrogens with one attached hydrogen (secondary N) is 1. The molecule has 0 aliphatic carbocycles. The lowest BCUT2D eigenvalue weighted by Crippen LogP contribution is -2.28. The van der Waals surface area contributed by atoms with Crippen molar-refractivity contribution in [3.63, 3.8) is 0 Å². The third-order valence-corrected chi connectivity index (χ3v) is 5.38. The molecule has 1 aromatic heterocycles. The Labute approximate surface area is 158 Å². The van der Waals surface area contributed by atoms with E-state index in [0.29, 0.717) is 11.5 Å². The molecule has 1 N–H and O–H groups in total. The molecule has 0 saturated heterocycles. The first-order valence-corrected chi connectivity index (χ1v) is 9.71. The molecule has 8 heteroatoms. The SMILES string of the molecule is COc1ccc(OC)c(S(=O)(=O)NCCOc2ccc3ncccc3c2)c1. The molecule has 0 amide bonds. The van der Waals surface area contributed by atoms with E-state index in [1.165, 1.54) is 20.3 Å². The van der Waals surface area contributed by atoms with Crippen LogP contribution in [0.25, 0.3) is 10.9 Å². The van der Waals surface area contributed by atoms with Gasteiger partial charge in [0.05, 0.1) is 19.7 Å². The zero-order valence-electron chi connectivity index (χ0n) is 15.0. The van der Waals surface area contributed by atoms with Gasteiger partial charge >= 0.3 is 0 Å². The predicted molar refractivity (Wildman–Crippen MR) is 102 cm³/mol. The van der Waals surface area contributed by atoms with Crippen molar-refractivity contribution in [3.05, 3.63) is 54.7 Å². The average molecular weight is 388 g/mol. The van der Waals surface area contributed by atoms with Gasteiger partial charge in [-0.1, -0.05) is 6.07 Å². The molecule has 0 aliphatic heterocycles. The summed E-state index contributed by atoms with van der Waals surface area (Å²) in [7, 11) is -0.884. The van der Waals surface area contributed by atoms with Crippen LogP contribution >= 0.6 is 0 Å². The van der Waals surface area contributed by atoms with Crippen LogP contribution < -0.4 is 18.9 Å². The van der Waals surface area contributed by atoms with Crippen molar-refractivity contribution in [2.75, 3.05) is 27.4 Å². The Balaban J connectivity index is 1.63. The Morgan fingerprint density at radius 3 is 2.59 bits per heavy atom. The fourth-order valence-electron chi connectivity index (χ4n) is 2.56. The molecule has 0 spiro atoms. The van der Waals surface area contributed by atoms with Crippen molar-refractivity contribution in [1.82, 2.24) is 9.71 Å². The molecule has 0 saturated carbocycles. The number of nitrogens with zero attached hydrogens (tertiary/aromatic N) is 1. The third-order valence-electron chi connectivity index (χ3n) is 3.90. The number of hydrogen-bond acceptors (Lipinski definition) is 6. The van der Waals surface area contributed by atoms with Crippen LogP contribution in [-0.2, 0) is 10.0 Å². The summed E-state index contributed by atoms with van der Waals surface area (Å²) in [6.07, 6.45) is 1.73. The van der Waals surface area contributed by atoms with Crippen molar-refractivity contribution in [2.24, 2.45) is 0 Å². The van der Waals surface area contributed by atoms with Gasteiger partial charge < -0.3 is 14.2 Å². The number of rotatable bonds is 8. The summed E-state index contributed by atoms with van der Waals surface area (Å²) in [6, 6.07) is 13.9. The van der Waals surface area contributed by atoms with E-state index in [0.717, 1.165) is 10.9 Å². The summed E-state index contributed by atoms with van der Waals surface area (Å²) >= 11 is 0. The second-order valence-electron chi connectivity index (χ2n) is 5.62. The van der Waals surface area contributed by atoms with Gasteiger partial charge in [0.15, 0.2) is 0 Å². The van der Waals surface area contributed by atoms with Crippen LogP contribution in [0.5, 0.6) is 17.2 Å². The van der Waals surface area contributed by atoms with Crippen LogP contribution in [0.3, 0.4) is 0 Å². The summed E-state index contributed by atoms with van der Waals surface area (Å²) in [5.74, 6) is 1.32. The van der Waals surface area contributed by atoms with Gasteiger partial charge in [0.1, 0.15) is 28.8 Å². The second kappa shape index (κ2) is 8.24. The number of fused-ring (bicyclic) bond motifs is 1. The van der Waals surface area contributed by atoms with Crippen molar-refractivity contribution in [1.29, 1.82) is 0 Å². The Morgan fingerprint density at radius 1 is 1.00 bits per heavy atom. The highest BCUT2D eigenvalue weighted by molar-refractivity contribution is 7.89. The van der Waals surface area contributed by atoms with Crippen molar-refractivity contribution in [2.45, 2.75) is 4.90 Å². The van der Waals surface area contributed by atoms with Crippen molar-refractivity contribution < 1.29 is 22.6 Å². The maximum Gasteiger partial charge on any atom is 0.244 e. The van der Waals surface area contributed by atoms with Gasteiger partial charge in [-0.25, -0.2) is 13.1 Å². The number of sulfonamides is 1. The summed E-state index contributed by atoms with van der Waals surface area (Å²) in [5, 5.41) is 0.955. The molecular formula is C19H20N2O5S. The monoisotopic (exact) mass is 388 g/mol. The number of ether oxygens (including phenoxy) is 3. The maximum atomic E-state index is 12.6. The molecule has 0 aliphatic rings. The fourth-order valence-corrected chi connectivity index (χ4v) is 3.76. The zero-order valence-corrected chi connectivity index (χ0v) is 15.8. The molecule has 7 nitrogen and oxygen atoms in total. The molecule has 142 valence electrons. The Bertz CT molecular complexity index is 1040. The van der Waals surface area contributed by atoms with E-state index in [2.05, 4.69) is 9.71 Å². The van der Waals surface area contributed by atoms with E-state index in [-0.39, 0.29) is 23.8 Å². The first kappa shape index (κ1) is 18.9. The number of hydrogen-bond donors (Lipinski definition) is 1. The first-order chi connectivity index (χ1) is 13.0. The van der Waals surface area contributed by atoms with E-state index in [1.54, 1.807) is 24.4 Å². The third kappa shape index (κ3) is 4.47. The minimum Gasteiger partial charge on any atom is -0.497 e. The summed E-state index contributed by atoms with van der Waals surface area (Å²) in [6.45, 7) is 0.283. The Morgan fingerprint density at radius 2 is 1.81 bits per heavy atom. The van der Waals surface area contributed by atoms with Gasteiger partial charge in [0.25, 0.3) is 0 Å². The molecular weight excluding hydrogens is 368 g/mol. The van der Waals surface area contributed by atoms with E-state index in [1.807, 2.05) is 24.3 Å². The lowest BCUT2D eigenvalue weighted by Gasteiger charge is -2.12. The fraction of sp³-hybridized carbons (Fsp3) is 0.211. The van der Waals surface area contributed by atoms with Gasteiger partial charge in [-0.2, -0.15) is 0 Å². The van der Waals surface area contributed by atoms with Crippen LogP contribution in [0.4, 0.5) is 0 Å². The highest BCUT2D eigenvalue weighted by Gasteiger charge is 2.20. The highest BCUT2D eigenvalue weighted by atomic mass is 32.2. The van der Waals surface area contributed by atoms with Crippen LogP contribution in [0, 0.1) is 0 Å². The smallest absolute Gasteiger partial charge is 0.244 e. The number of benzene rings is 2. The minimum absolute atomic E-state index is 0.0149. The van der Waals surface area contributed by atoms with Crippen LogP contribution in [0.1, 0.15) is 0 Å². The van der Waals surface area contributed by atoms with Gasteiger partial charge in [0, 0.05) is 24.2 Å². The Hall–Kier alpha value is -2.84. The quantitative estimate of drug-likeness (QED) is 0.597. The zero-order chi connectivity index (χ0) is 19.3. The molecule has 1 heterocycles. The molecule has 0 atom stereocenters. The first-order valence-electron chi connectivity index (χ1n) is 8.23. The largest absolute Gasteiger partial charge is 0.497 e. The normalized spacial score (nSPS) is 11.3. The summed E-state index contributed by atoms with van der Waals surface area (Å²) in [4.78, 5) is 4.26. The minimum atomic E-state index is -3.77. The van der Waals surface area contributed by atoms with Crippen LogP contribution in [-0.4, -0.2) is 40.8 Å². The average Bonchev–Trinajstić information content (AvgIpc) is 2.70. The van der Waals surface area contributed by atoms with Gasteiger partial charge in [-0.05, 0) is 36.4 Å². The topological polar surface area (TPSA) is 86.8 Å². The molecule has 0 fully saturated rings. The molecule has 27 heavy (non-hydrogen) atoms. The van der Waals surface area contributed by atoms with Gasteiger partial charge in [0.2, 0.25) is 10.0 Å². The standard InChI is InChI=1S/C19H20N2O5S/c1-24-15-6-8-18(25-2)19(13-15)27(22,23)21-10-11-26-16-5-7-17-14(12-16)4-3-9-20-17/h3-9,12-13,21H,10-11H2,1-2H3. The van der Waals surface area contributed by atoms with E-state index >= 15 is 0 Å².